The number of nitrogens with zero attached hydrogens (tertiary/aromatic N) is 1. The van der Waals surface area contributed by atoms with Crippen LogP contribution in [0.1, 0.15) is 56.1 Å². The van der Waals surface area contributed by atoms with E-state index in [0.717, 1.165) is 0 Å². The van der Waals surface area contributed by atoms with E-state index >= 15 is 0 Å². The highest BCUT2D eigenvalue weighted by molar-refractivity contribution is 5.84. The monoisotopic (exact) mass is 432 g/mol. The molecule has 4 nitrogen and oxygen atoms in total. The molecule has 170 valence electrons. The second kappa shape index (κ2) is 9.89. The van der Waals surface area contributed by atoms with Gasteiger partial charge in [-0.3, -0.25) is 9.59 Å². The van der Waals surface area contributed by atoms with Crippen molar-refractivity contribution in [1.82, 2.24) is 10.2 Å². The maximum Gasteiger partial charge on any atom is 0.226 e. The van der Waals surface area contributed by atoms with Gasteiger partial charge in [0.15, 0.2) is 0 Å². The van der Waals surface area contributed by atoms with Crippen LogP contribution in [0.3, 0.4) is 0 Å². The SMILES string of the molecule is CNC(=O)C1(Cc2ccccc2-c2ccccc2C)CCN(C(=O)CC2CCCC2)CC1. The van der Waals surface area contributed by atoms with Crippen LogP contribution in [0.25, 0.3) is 11.1 Å². The highest BCUT2D eigenvalue weighted by Gasteiger charge is 2.42. The topological polar surface area (TPSA) is 49.4 Å². The number of carbonyl (C=O) groups is 2. The molecule has 2 aromatic carbocycles. The molecule has 2 fully saturated rings. The highest BCUT2D eigenvalue weighted by Crippen LogP contribution is 2.39. The van der Waals surface area contributed by atoms with Crippen molar-refractivity contribution in [3.05, 3.63) is 59.7 Å². The van der Waals surface area contributed by atoms with E-state index in [1.807, 2.05) is 4.90 Å². The summed E-state index contributed by atoms with van der Waals surface area (Å²) in [7, 11) is 1.73. The number of hydrogen-bond donors (Lipinski definition) is 1. The van der Waals surface area contributed by atoms with E-state index in [9.17, 15) is 9.59 Å². The van der Waals surface area contributed by atoms with Gasteiger partial charge >= 0.3 is 0 Å². The number of aryl methyl sites for hydroxylation is 1. The fraction of sp³-hybridized carbons (Fsp3) is 0.500. The predicted octanol–water partition coefficient (Wildman–Crippen LogP) is 5.14. The molecule has 1 aliphatic carbocycles. The Morgan fingerprint density at radius 2 is 1.59 bits per heavy atom. The maximum absolute atomic E-state index is 13.1. The lowest BCUT2D eigenvalue weighted by molar-refractivity contribution is -0.140. The Bertz CT molecular complexity index is 953. The molecule has 0 aromatic heterocycles. The molecular weight excluding hydrogens is 396 g/mol. The van der Waals surface area contributed by atoms with Gasteiger partial charge in [-0.25, -0.2) is 0 Å². The molecule has 0 radical (unpaired) electrons. The minimum absolute atomic E-state index is 0.0972. The summed E-state index contributed by atoms with van der Waals surface area (Å²) < 4.78 is 0. The van der Waals surface area contributed by atoms with Crippen LogP contribution < -0.4 is 5.32 Å². The zero-order chi connectivity index (χ0) is 22.6. The molecule has 0 spiro atoms. The maximum atomic E-state index is 13.1. The van der Waals surface area contributed by atoms with Crippen LogP contribution in [0.15, 0.2) is 48.5 Å². The van der Waals surface area contributed by atoms with E-state index in [-0.39, 0.29) is 11.8 Å². The van der Waals surface area contributed by atoms with E-state index in [0.29, 0.717) is 44.7 Å². The van der Waals surface area contributed by atoms with E-state index < -0.39 is 5.41 Å². The van der Waals surface area contributed by atoms with Gasteiger partial charge in [-0.2, -0.15) is 0 Å². The lowest BCUT2D eigenvalue weighted by Gasteiger charge is -2.41. The Morgan fingerprint density at radius 3 is 2.25 bits per heavy atom. The van der Waals surface area contributed by atoms with Crippen molar-refractivity contribution in [1.29, 1.82) is 0 Å². The lowest BCUT2D eigenvalue weighted by atomic mass is 9.71. The molecular formula is C28H36N2O2. The van der Waals surface area contributed by atoms with Crippen molar-refractivity contribution < 1.29 is 9.59 Å². The summed E-state index contributed by atoms with van der Waals surface area (Å²) in [5, 5.41) is 2.93. The predicted molar refractivity (Wildman–Crippen MR) is 129 cm³/mol. The minimum atomic E-state index is -0.475. The minimum Gasteiger partial charge on any atom is -0.359 e. The van der Waals surface area contributed by atoms with Crippen molar-refractivity contribution in [2.24, 2.45) is 11.3 Å². The molecule has 1 saturated heterocycles. The average molecular weight is 433 g/mol. The Kier molecular flexibility index (Phi) is 6.98. The van der Waals surface area contributed by atoms with E-state index in [2.05, 4.69) is 60.8 Å². The van der Waals surface area contributed by atoms with Gasteiger partial charge < -0.3 is 10.2 Å². The molecule has 1 saturated carbocycles. The summed E-state index contributed by atoms with van der Waals surface area (Å²) in [4.78, 5) is 28.0. The van der Waals surface area contributed by atoms with Crippen LogP contribution >= 0.6 is 0 Å². The van der Waals surface area contributed by atoms with Crippen molar-refractivity contribution in [3.63, 3.8) is 0 Å². The smallest absolute Gasteiger partial charge is 0.226 e. The largest absolute Gasteiger partial charge is 0.359 e. The molecule has 0 bridgehead atoms. The summed E-state index contributed by atoms with van der Waals surface area (Å²) >= 11 is 0. The third-order valence-corrected chi connectivity index (χ3v) is 7.70. The van der Waals surface area contributed by atoms with Crippen molar-refractivity contribution in [2.45, 2.75) is 58.3 Å². The van der Waals surface area contributed by atoms with E-state index in [1.54, 1.807) is 7.05 Å². The number of likely N-dealkylation sites (tertiary alicyclic amines) is 1. The van der Waals surface area contributed by atoms with Crippen molar-refractivity contribution in [3.8, 4) is 11.1 Å². The van der Waals surface area contributed by atoms with Gasteiger partial charge in [-0.15, -0.1) is 0 Å². The summed E-state index contributed by atoms with van der Waals surface area (Å²) in [6.07, 6.45) is 7.71. The van der Waals surface area contributed by atoms with E-state index in [1.165, 1.54) is 47.9 Å². The second-order valence-electron chi connectivity index (χ2n) is 9.74. The molecule has 4 heteroatoms. The number of benzene rings is 2. The van der Waals surface area contributed by atoms with Crippen LogP contribution in [0, 0.1) is 18.3 Å². The summed E-state index contributed by atoms with van der Waals surface area (Å²) in [6, 6.07) is 16.9. The summed E-state index contributed by atoms with van der Waals surface area (Å²) in [5.41, 5.74) is 4.39. The molecule has 32 heavy (non-hydrogen) atoms. The van der Waals surface area contributed by atoms with Gasteiger partial charge in [0.25, 0.3) is 0 Å². The molecule has 4 rings (SSSR count). The average Bonchev–Trinajstić information content (AvgIpc) is 3.33. The van der Waals surface area contributed by atoms with Crippen molar-refractivity contribution >= 4 is 11.8 Å². The summed E-state index contributed by atoms with van der Waals surface area (Å²) in [6.45, 7) is 3.48. The number of piperidine rings is 1. The van der Waals surface area contributed by atoms with Gasteiger partial charge in [0.1, 0.15) is 0 Å². The van der Waals surface area contributed by atoms with Crippen LogP contribution in [0.5, 0.6) is 0 Å². The Labute approximate surface area is 192 Å². The number of carbonyl (C=O) groups excluding carboxylic acids is 2. The zero-order valence-corrected chi connectivity index (χ0v) is 19.5. The fourth-order valence-electron chi connectivity index (χ4n) is 5.70. The zero-order valence-electron chi connectivity index (χ0n) is 19.5. The first-order valence-corrected chi connectivity index (χ1v) is 12.2. The number of nitrogens with one attached hydrogen (secondary N) is 1. The van der Waals surface area contributed by atoms with Crippen LogP contribution in [0.4, 0.5) is 0 Å². The number of hydrogen-bond acceptors (Lipinski definition) is 2. The molecule has 0 atom stereocenters. The molecule has 1 N–H and O–H groups in total. The van der Waals surface area contributed by atoms with Gasteiger partial charge in [0, 0.05) is 26.6 Å². The van der Waals surface area contributed by atoms with Crippen LogP contribution in [-0.4, -0.2) is 36.9 Å². The Morgan fingerprint density at radius 1 is 0.969 bits per heavy atom. The number of rotatable bonds is 6. The molecule has 1 heterocycles. The van der Waals surface area contributed by atoms with E-state index in [4.69, 9.17) is 0 Å². The quantitative estimate of drug-likeness (QED) is 0.687. The third kappa shape index (κ3) is 4.74. The first kappa shape index (κ1) is 22.6. The fourth-order valence-corrected chi connectivity index (χ4v) is 5.70. The Hall–Kier alpha value is -2.62. The second-order valence-corrected chi connectivity index (χ2v) is 9.74. The normalized spacial score (nSPS) is 18.5. The molecule has 2 aromatic rings. The standard InChI is InChI=1S/C28H36N2O2/c1-21-9-3-7-13-24(21)25-14-8-6-12-23(25)20-28(27(32)29-2)15-17-30(18-16-28)26(31)19-22-10-4-5-11-22/h3,6-9,12-14,22H,4-5,10-11,15-20H2,1-2H3,(H,29,32). The third-order valence-electron chi connectivity index (χ3n) is 7.70. The molecule has 2 amide bonds. The first-order chi connectivity index (χ1) is 15.5. The van der Waals surface area contributed by atoms with Gasteiger partial charge in [0.05, 0.1) is 5.41 Å². The Balaban J connectivity index is 1.53. The molecule has 0 unspecified atom stereocenters. The lowest BCUT2D eigenvalue weighted by Crippen LogP contribution is -2.50. The van der Waals surface area contributed by atoms with Gasteiger partial charge in [-0.1, -0.05) is 61.4 Å². The highest BCUT2D eigenvalue weighted by atomic mass is 16.2. The first-order valence-electron chi connectivity index (χ1n) is 12.2. The molecule has 2 aliphatic rings. The van der Waals surface area contributed by atoms with Gasteiger partial charge in [0.2, 0.25) is 11.8 Å². The van der Waals surface area contributed by atoms with Crippen LogP contribution in [-0.2, 0) is 16.0 Å². The summed E-state index contributed by atoms with van der Waals surface area (Å²) in [5.74, 6) is 0.941. The number of amides is 2. The van der Waals surface area contributed by atoms with Gasteiger partial charge in [-0.05, 0) is 67.2 Å². The molecule has 1 aliphatic heterocycles. The van der Waals surface area contributed by atoms with Crippen LogP contribution in [0.2, 0.25) is 0 Å². The van der Waals surface area contributed by atoms with Crippen molar-refractivity contribution in [2.75, 3.05) is 20.1 Å².